The summed E-state index contributed by atoms with van der Waals surface area (Å²) in [6.45, 7) is 2.73. The van der Waals surface area contributed by atoms with E-state index in [4.69, 9.17) is 4.74 Å². The van der Waals surface area contributed by atoms with Crippen molar-refractivity contribution >= 4 is 5.91 Å². The molecule has 4 heteroatoms. The van der Waals surface area contributed by atoms with Crippen LogP contribution in [-0.4, -0.2) is 37.4 Å². The Balaban J connectivity index is 2.24. The summed E-state index contributed by atoms with van der Waals surface area (Å²) in [6.07, 6.45) is 6.01. The van der Waals surface area contributed by atoms with Crippen molar-refractivity contribution in [1.82, 2.24) is 5.32 Å². The fraction of sp³-hybridized carbons (Fsp3) is 0.923. The molecule has 1 atom stereocenters. The highest BCUT2D eigenvalue weighted by molar-refractivity contribution is 5.76. The van der Waals surface area contributed by atoms with Crippen LogP contribution >= 0.6 is 0 Å². The van der Waals surface area contributed by atoms with Gasteiger partial charge in [-0.05, 0) is 18.3 Å². The molecule has 0 aromatic rings. The maximum absolute atomic E-state index is 11.8. The van der Waals surface area contributed by atoms with Gasteiger partial charge in [-0.3, -0.25) is 4.79 Å². The van der Waals surface area contributed by atoms with E-state index in [1.165, 1.54) is 26.4 Å². The smallest absolute Gasteiger partial charge is 0.220 e. The Labute approximate surface area is 104 Å². The Hall–Kier alpha value is -0.610. The molecule has 0 bridgehead atoms. The molecule has 0 radical (unpaired) electrons. The molecule has 0 aliphatic heterocycles. The Morgan fingerprint density at radius 3 is 2.65 bits per heavy atom. The molecular formula is C13H25NO3. The average molecular weight is 243 g/mol. The van der Waals surface area contributed by atoms with Crippen molar-refractivity contribution in [1.29, 1.82) is 0 Å². The highest BCUT2D eigenvalue weighted by Crippen LogP contribution is 2.38. The summed E-state index contributed by atoms with van der Waals surface area (Å²) in [4.78, 5) is 11.8. The summed E-state index contributed by atoms with van der Waals surface area (Å²) >= 11 is 0. The van der Waals surface area contributed by atoms with E-state index in [9.17, 15) is 9.90 Å². The van der Waals surface area contributed by atoms with Crippen LogP contribution in [0.1, 0.15) is 45.4 Å². The maximum Gasteiger partial charge on any atom is 0.220 e. The summed E-state index contributed by atoms with van der Waals surface area (Å²) in [6, 6.07) is 0. The number of nitrogens with one attached hydrogen (secondary N) is 1. The lowest BCUT2D eigenvalue weighted by Gasteiger charge is -2.33. The second-order valence-electron chi connectivity index (χ2n) is 5.46. The summed E-state index contributed by atoms with van der Waals surface area (Å²) < 4.78 is 4.80. The molecule has 1 amide bonds. The summed E-state index contributed by atoms with van der Waals surface area (Å²) in [7, 11) is 1.54. The standard InChI is InChI=1S/C13H25NO3/c1-13(6-4-3-5-7-13)8-12(16)14-9-11(15)10-17-2/h11,15H,3-10H2,1-2H3,(H,14,16). The molecule has 1 saturated carbocycles. The minimum absolute atomic E-state index is 0.0459. The van der Waals surface area contributed by atoms with Crippen LogP contribution in [0.2, 0.25) is 0 Å². The van der Waals surface area contributed by atoms with Gasteiger partial charge in [0, 0.05) is 20.1 Å². The van der Waals surface area contributed by atoms with Gasteiger partial charge in [0.05, 0.1) is 12.7 Å². The number of carbonyl (C=O) groups is 1. The van der Waals surface area contributed by atoms with Gasteiger partial charge in [0.1, 0.15) is 0 Å². The van der Waals surface area contributed by atoms with Gasteiger partial charge < -0.3 is 15.2 Å². The molecule has 1 aliphatic rings. The maximum atomic E-state index is 11.8. The van der Waals surface area contributed by atoms with Crippen LogP contribution in [0.15, 0.2) is 0 Å². The lowest BCUT2D eigenvalue weighted by atomic mass is 9.73. The van der Waals surface area contributed by atoms with Crippen molar-refractivity contribution in [2.24, 2.45) is 5.41 Å². The van der Waals surface area contributed by atoms with Crippen molar-refractivity contribution < 1.29 is 14.6 Å². The van der Waals surface area contributed by atoms with Gasteiger partial charge in [0.2, 0.25) is 5.91 Å². The van der Waals surface area contributed by atoms with Gasteiger partial charge in [-0.15, -0.1) is 0 Å². The average Bonchev–Trinajstić information content (AvgIpc) is 2.27. The lowest BCUT2D eigenvalue weighted by Crippen LogP contribution is -2.37. The first-order chi connectivity index (χ1) is 8.06. The van der Waals surface area contributed by atoms with Gasteiger partial charge >= 0.3 is 0 Å². The first-order valence-electron chi connectivity index (χ1n) is 6.49. The van der Waals surface area contributed by atoms with Gasteiger partial charge in [0.25, 0.3) is 0 Å². The first-order valence-corrected chi connectivity index (χ1v) is 6.49. The molecule has 17 heavy (non-hydrogen) atoms. The zero-order valence-corrected chi connectivity index (χ0v) is 11.0. The molecule has 0 heterocycles. The highest BCUT2D eigenvalue weighted by atomic mass is 16.5. The number of carbonyl (C=O) groups excluding carboxylic acids is 1. The normalized spacial score (nSPS) is 20.9. The minimum Gasteiger partial charge on any atom is -0.389 e. The summed E-state index contributed by atoms with van der Waals surface area (Å²) in [5, 5.41) is 12.2. The zero-order valence-electron chi connectivity index (χ0n) is 11.0. The van der Waals surface area contributed by atoms with Crippen LogP contribution in [-0.2, 0) is 9.53 Å². The van der Waals surface area contributed by atoms with E-state index < -0.39 is 6.10 Å². The van der Waals surface area contributed by atoms with E-state index in [0.717, 1.165) is 12.8 Å². The minimum atomic E-state index is -0.608. The SMILES string of the molecule is COCC(O)CNC(=O)CC1(C)CCCCC1. The van der Waals surface area contributed by atoms with Gasteiger partial charge in [-0.1, -0.05) is 26.2 Å². The molecule has 0 aromatic carbocycles. The Morgan fingerprint density at radius 1 is 1.41 bits per heavy atom. The van der Waals surface area contributed by atoms with Gasteiger partial charge in [-0.25, -0.2) is 0 Å². The Kier molecular flexibility index (Phi) is 5.92. The van der Waals surface area contributed by atoms with E-state index in [0.29, 0.717) is 6.42 Å². The molecule has 2 N–H and O–H groups in total. The van der Waals surface area contributed by atoms with E-state index in [1.807, 2.05) is 0 Å². The first kappa shape index (κ1) is 14.5. The lowest BCUT2D eigenvalue weighted by molar-refractivity contribution is -0.124. The highest BCUT2D eigenvalue weighted by Gasteiger charge is 2.29. The molecule has 1 fully saturated rings. The molecule has 0 saturated heterocycles. The van der Waals surface area contributed by atoms with E-state index >= 15 is 0 Å². The number of rotatable bonds is 6. The number of hydrogen-bond donors (Lipinski definition) is 2. The van der Waals surface area contributed by atoms with Crippen LogP contribution in [0, 0.1) is 5.41 Å². The second-order valence-corrected chi connectivity index (χ2v) is 5.46. The van der Waals surface area contributed by atoms with Crippen LogP contribution < -0.4 is 5.32 Å². The molecule has 100 valence electrons. The number of hydrogen-bond acceptors (Lipinski definition) is 3. The van der Waals surface area contributed by atoms with Crippen molar-refractivity contribution in [3.05, 3.63) is 0 Å². The third kappa shape index (κ3) is 5.50. The molecular weight excluding hydrogens is 218 g/mol. The van der Waals surface area contributed by atoms with Crippen molar-refractivity contribution in [3.63, 3.8) is 0 Å². The topological polar surface area (TPSA) is 58.6 Å². The van der Waals surface area contributed by atoms with E-state index in [-0.39, 0.29) is 24.5 Å². The van der Waals surface area contributed by atoms with Crippen LogP contribution in [0.3, 0.4) is 0 Å². The van der Waals surface area contributed by atoms with Crippen molar-refractivity contribution in [3.8, 4) is 0 Å². The molecule has 1 unspecified atom stereocenters. The summed E-state index contributed by atoms with van der Waals surface area (Å²) in [5.74, 6) is 0.0459. The summed E-state index contributed by atoms with van der Waals surface area (Å²) in [5.41, 5.74) is 0.161. The molecule has 1 rings (SSSR count). The fourth-order valence-corrected chi connectivity index (χ4v) is 2.52. The number of ether oxygens (including phenoxy) is 1. The van der Waals surface area contributed by atoms with E-state index in [2.05, 4.69) is 12.2 Å². The molecule has 4 nitrogen and oxygen atoms in total. The number of aliphatic hydroxyl groups is 1. The van der Waals surface area contributed by atoms with Gasteiger partial charge in [-0.2, -0.15) is 0 Å². The van der Waals surface area contributed by atoms with E-state index in [1.54, 1.807) is 0 Å². The van der Waals surface area contributed by atoms with Crippen LogP contribution in [0.4, 0.5) is 0 Å². The van der Waals surface area contributed by atoms with Crippen molar-refractivity contribution in [2.45, 2.75) is 51.6 Å². The monoisotopic (exact) mass is 243 g/mol. The Morgan fingerprint density at radius 2 is 2.06 bits per heavy atom. The number of amides is 1. The van der Waals surface area contributed by atoms with Crippen molar-refractivity contribution in [2.75, 3.05) is 20.3 Å². The molecule has 0 aromatic heterocycles. The third-order valence-corrected chi connectivity index (χ3v) is 3.54. The predicted molar refractivity (Wildman–Crippen MR) is 66.7 cm³/mol. The molecule has 0 spiro atoms. The van der Waals surface area contributed by atoms with Crippen LogP contribution in [0.25, 0.3) is 0 Å². The quantitative estimate of drug-likeness (QED) is 0.742. The third-order valence-electron chi connectivity index (χ3n) is 3.54. The molecule has 1 aliphatic carbocycles. The number of methoxy groups -OCH3 is 1. The van der Waals surface area contributed by atoms with Gasteiger partial charge in [0.15, 0.2) is 0 Å². The largest absolute Gasteiger partial charge is 0.389 e. The fourth-order valence-electron chi connectivity index (χ4n) is 2.52. The number of aliphatic hydroxyl groups excluding tert-OH is 1. The zero-order chi connectivity index (χ0) is 12.7. The second kappa shape index (κ2) is 6.97. The van der Waals surface area contributed by atoms with Crippen LogP contribution in [0.5, 0.6) is 0 Å². The Bertz CT molecular complexity index is 237. The predicted octanol–water partition coefficient (Wildman–Crippen LogP) is 1.47.